The maximum atomic E-state index is 13.5. The second kappa shape index (κ2) is 13.1. The van der Waals surface area contributed by atoms with Crippen molar-refractivity contribution in [3.05, 3.63) is 63.6 Å². The van der Waals surface area contributed by atoms with Crippen molar-refractivity contribution in [1.29, 1.82) is 0 Å². The minimum Gasteiger partial charge on any atom is -0.483 e. The first-order valence-electron chi connectivity index (χ1n) is 12.9. The topological polar surface area (TPSA) is 58.6 Å². The van der Waals surface area contributed by atoms with E-state index in [1.54, 1.807) is 4.90 Å². The molecule has 0 saturated heterocycles. The number of carbonyl (C=O) groups is 2. The summed E-state index contributed by atoms with van der Waals surface area (Å²) in [4.78, 5) is 28.6. The normalized spacial score (nSPS) is 15.0. The van der Waals surface area contributed by atoms with E-state index in [1.165, 1.54) is 12.0 Å². The molecule has 0 aliphatic heterocycles. The summed E-state index contributed by atoms with van der Waals surface area (Å²) in [5, 5.41) is 3.22. The third-order valence-corrected chi connectivity index (χ3v) is 7.53. The first-order valence-corrected chi connectivity index (χ1v) is 13.7. The van der Waals surface area contributed by atoms with Crippen molar-refractivity contribution < 1.29 is 14.3 Å². The van der Waals surface area contributed by atoms with Gasteiger partial charge in [-0.25, -0.2) is 0 Å². The van der Waals surface area contributed by atoms with E-state index in [4.69, 9.17) is 4.74 Å². The highest BCUT2D eigenvalue weighted by atomic mass is 79.9. The van der Waals surface area contributed by atoms with Gasteiger partial charge in [-0.1, -0.05) is 70.4 Å². The lowest BCUT2D eigenvalue weighted by Gasteiger charge is -2.33. The van der Waals surface area contributed by atoms with E-state index in [0.717, 1.165) is 41.3 Å². The lowest BCUT2D eigenvalue weighted by molar-refractivity contribution is -0.143. The molecule has 2 aromatic rings. The highest BCUT2D eigenvalue weighted by molar-refractivity contribution is 9.10. The van der Waals surface area contributed by atoms with Gasteiger partial charge < -0.3 is 15.0 Å². The molecule has 1 aliphatic carbocycles. The summed E-state index contributed by atoms with van der Waals surface area (Å²) in [6, 6.07) is 13.6. The summed E-state index contributed by atoms with van der Waals surface area (Å²) < 4.78 is 6.76. The molecule has 0 radical (unpaired) electrons. The van der Waals surface area contributed by atoms with Gasteiger partial charge >= 0.3 is 0 Å². The van der Waals surface area contributed by atoms with E-state index in [9.17, 15) is 9.59 Å². The third-order valence-electron chi connectivity index (χ3n) is 6.91. The Morgan fingerprint density at radius 3 is 2.46 bits per heavy atom. The number of rotatable bonds is 10. The van der Waals surface area contributed by atoms with Crippen molar-refractivity contribution in [3.63, 3.8) is 0 Å². The van der Waals surface area contributed by atoms with Gasteiger partial charge in [-0.15, -0.1) is 0 Å². The van der Waals surface area contributed by atoms with Crippen LogP contribution in [-0.2, 0) is 16.1 Å². The number of carbonyl (C=O) groups excluding carboxylic acids is 2. The molecule has 0 bridgehead atoms. The molecule has 35 heavy (non-hydrogen) atoms. The number of aryl methyl sites for hydroxylation is 1. The summed E-state index contributed by atoms with van der Waals surface area (Å²) in [6.45, 7) is 8.52. The van der Waals surface area contributed by atoms with Crippen LogP contribution in [0.2, 0.25) is 0 Å². The molecule has 0 heterocycles. The Morgan fingerprint density at radius 2 is 1.83 bits per heavy atom. The van der Waals surface area contributed by atoms with Gasteiger partial charge in [0.15, 0.2) is 6.61 Å². The Morgan fingerprint density at radius 1 is 1.11 bits per heavy atom. The molecular formula is C29H39BrN2O3. The summed E-state index contributed by atoms with van der Waals surface area (Å²) in [7, 11) is 0. The monoisotopic (exact) mass is 542 g/mol. The third kappa shape index (κ3) is 7.57. The van der Waals surface area contributed by atoms with Crippen LogP contribution >= 0.6 is 15.9 Å². The number of nitrogens with zero attached hydrogens (tertiary/aromatic N) is 1. The van der Waals surface area contributed by atoms with Gasteiger partial charge in [0.2, 0.25) is 5.91 Å². The maximum absolute atomic E-state index is 13.5. The predicted molar refractivity (Wildman–Crippen MR) is 145 cm³/mol. The zero-order valence-corrected chi connectivity index (χ0v) is 23.1. The van der Waals surface area contributed by atoms with Gasteiger partial charge in [0.1, 0.15) is 11.8 Å². The molecule has 190 valence electrons. The predicted octanol–water partition coefficient (Wildman–Crippen LogP) is 6.52. The second-order valence-electron chi connectivity index (χ2n) is 9.85. The summed E-state index contributed by atoms with van der Waals surface area (Å²) in [5.74, 6) is 0.764. The van der Waals surface area contributed by atoms with E-state index < -0.39 is 6.04 Å². The van der Waals surface area contributed by atoms with Gasteiger partial charge in [-0.05, 0) is 76.9 Å². The molecule has 0 unspecified atom stereocenters. The van der Waals surface area contributed by atoms with Crippen LogP contribution < -0.4 is 10.1 Å². The van der Waals surface area contributed by atoms with Gasteiger partial charge in [-0.2, -0.15) is 0 Å². The second-order valence-corrected chi connectivity index (χ2v) is 10.7. The Labute approximate surface area is 218 Å². The van der Waals surface area contributed by atoms with Crippen molar-refractivity contribution >= 4 is 27.7 Å². The maximum Gasteiger partial charge on any atom is 0.261 e. The Bertz CT molecular complexity index is 1000. The largest absolute Gasteiger partial charge is 0.483 e. The van der Waals surface area contributed by atoms with Crippen LogP contribution in [0, 0.1) is 6.92 Å². The molecule has 1 atom stereocenters. The number of hydrogen-bond acceptors (Lipinski definition) is 3. The summed E-state index contributed by atoms with van der Waals surface area (Å²) in [5.41, 5.74) is 3.33. The fourth-order valence-electron chi connectivity index (χ4n) is 4.65. The smallest absolute Gasteiger partial charge is 0.261 e. The standard InChI is InChI=1S/C29H39BrN2O3/c1-5-26(29(34)31-24-13-7-6-8-14-24)32(18-23-12-10-9-11-21(23)4)28(33)19-35-27-16-15-22(20(2)3)17-25(27)30/h9-12,15-17,20,24,26H,5-8,13-14,18-19H2,1-4H3,(H,31,34)/t26-/m1/s1. The molecular weight excluding hydrogens is 504 g/mol. The van der Waals surface area contributed by atoms with Crippen LogP contribution in [-0.4, -0.2) is 35.4 Å². The van der Waals surface area contributed by atoms with Crippen LogP contribution in [0.1, 0.15) is 81.9 Å². The minimum atomic E-state index is -0.542. The molecule has 1 fully saturated rings. The average molecular weight is 544 g/mol. The molecule has 1 saturated carbocycles. The first-order chi connectivity index (χ1) is 16.8. The first kappa shape index (κ1) is 27.3. The molecule has 1 N–H and O–H groups in total. The van der Waals surface area contributed by atoms with E-state index in [-0.39, 0.29) is 24.5 Å². The Hall–Kier alpha value is -2.34. The average Bonchev–Trinajstić information content (AvgIpc) is 2.84. The molecule has 5 nitrogen and oxygen atoms in total. The fourth-order valence-corrected chi connectivity index (χ4v) is 5.16. The van der Waals surface area contributed by atoms with Crippen molar-refractivity contribution in [2.45, 2.75) is 90.8 Å². The SMILES string of the molecule is CC[C@H](C(=O)NC1CCCCC1)N(Cc1ccccc1C)C(=O)COc1ccc(C(C)C)cc1Br. The minimum absolute atomic E-state index is 0.0659. The number of benzene rings is 2. The van der Waals surface area contributed by atoms with E-state index in [0.29, 0.717) is 24.6 Å². The van der Waals surface area contributed by atoms with Gasteiger partial charge in [0.05, 0.1) is 4.47 Å². The van der Waals surface area contributed by atoms with Crippen LogP contribution in [0.4, 0.5) is 0 Å². The van der Waals surface area contributed by atoms with Crippen LogP contribution in [0.3, 0.4) is 0 Å². The van der Waals surface area contributed by atoms with E-state index >= 15 is 0 Å². The highest BCUT2D eigenvalue weighted by Crippen LogP contribution is 2.29. The molecule has 1 aliphatic rings. The lowest BCUT2D eigenvalue weighted by Crippen LogP contribution is -2.52. The highest BCUT2D eigenvalue weighted by Gasteiger charge is 2.31. The number of amides is 2. The summed E-state index contributed by atoms with van der Waals surface area (Å²) in [6.07, 6.45) is 6.09. The zero-order valence-electron chi connectivity index (χ0n) is 21.5. The van der Waals surface area contributed by atoms with Crippen molar-refractivity contribution in [3.8, 4) is 5.75 Å². The molecule has 0 aromatic heterocycles. The van der Waals surface area contributed by atoms with Gasteiger partial charge in [-0.3, -0.25) is 9.59 Å². The molecule has 0 spiro atoms. The Kier molecular flexibility index (Phi) is 10.2. The zero-order chi connectivity index (χ0) is 25.4. The number of ether oxygens (including phenoxy) is 1. The van der Waals surface area contributed by atoms with Gasteiger partial charge in [0.25, 0.3) is 5.91 Å². The van der Waals surface area contributed by atoms with E-state index in [1.807, 2.05) is 56.3 Å². The van der Waals surface area contributed by atoms with E-state index in [2.05, 4.69) is 35.1 Å². The molecule has 2 aromatic carbocycles. The molecule has 6 heteroatoms. The van der Waals surface area contributed by atoms with Crippen LogP contribution in [0.15, 0.2) is 46.9 Å². The summed E-state index contributed by atoms with van der Waals surface area (Å²) >= 11 is 3.57. The quantitative estimate of drug-likeness (QED) is 0.372. The molecule has 3 rings (SSSR count). The van der Waals surface area contributed by atoms with Crippen LogP contribution in [0.5, 0.6) is 5.75 Å². The van der Waals surface area contributed by atoms with Crippen molar-refractivity contribution in [2.75, 3.05) is 6.61 Å². The van der Waals surface area contributed by atoms with Crippen molar-refractivity contribution in [1.82, 2.24) is 10.2 Å². The van der Waals surface area contributed by atoms with Gasteiger partial charge in [0, 0.05) is 12.6 Å². The van der Waals surface area contributed by atoms with Crippen LogP contribution in [0.25, 0.3) is 0 Å². The molecule has 2 amide bonds. The lowest BCUT2D eigenvalue weighted by atomic mass is 9.95. The number of hydrogen-bond donors (Lipinski definition) is 1. The number of nitrogens with one attached hydrogen (secondary N) is 1. The fraction of sp³-hybridized carbons (Fsp3) is 0.517. The Balaban J connectivity index is 1.77. The van der Waals surface area contributed by atoms with Crippen molar-refractivity contribution in [2.24, 2.45) is 0 Å². The number of halogens is 1.